The third-order valence-corrected chi connectivity index (χ3v) is 3.11. The SMILES string of the molecule is O=Cc1ccc(NC(=O)c2cc(Cl)cc(Br)c2)cc1. The quantitative estimate of drug-likeness (QED) is 0.854. The number of halogens is 2. The molecule has 0 saturated heterocycles. The molecular formula is C14H9BrClNO2. The predicted molar refractivity (Wildman–Crippen MR) is 78.9 cm³/mol. The normalized spacial score (nSPS) is 10.0. The molecule has 0 aliphatic rings. The van der Waals surface area contributed by atoms with Crippen molar-refractivity contribution in [2.24, 2.45) is 0 Å². The first kappa shape index (κ1) is 13.8. The van der Waals surface area contributed by atoms with Crippen molar-refractivity contribution < 1.29 is 9.59 Å². The van der Waals surface area contributed by atoms with Crippen LogP contribution in [0.4, 0.5) is 5.69 Å². The summed E-state index contributed by atoms with van der Waals surface area (Å²) in [6.07, 6.45) is 0.750. The molecule has 0 heterocycles. The zero-order chi connectivity index (χ0) is 13.8. The minimum absolute atomic E-state index is 0.262. The molecule has 0 spiro atoms. The van der Waals surface area contributed by atoms with Crippen LogP contribution in [-0.4, -0.2) is 12.2 Å². The standard InChI is InChI=1S/C14H9BrClNO2/c15-11-5-10(6-12(16)7-11)14(19)17-13-3-1-9(8-18)2-4-13/h1-8H,(H,17,19). The predicted octanol–water partition coefficient (Wildman–Crippen LogP) is 4.17. The first-order chi connectivity index (χ1) is 9.08. The van der Waals surface area contributed by atoms with Gasteiger partial charge in [-0.1, -0.05) is 27.5 Å². The topological polar surface area (TPSA) is 46.2 Å². The smallest absolute Gasteiger partial charge is 0.255 e. The lowest BCUT2D eigenvalue weighted by molar-refractivity contribution is 0.102. The second-order valence-corrected chi connectivity index (χ2v) is 5.20. The summed E-state index contributed by atoms with van der Waals surface area (Å²) in [5.74, 6) is -0.262. The van der Waals surface area contributed by atoms with Gasteiger partial charge >= 0.3 is 0 Å². The summed E-state index contributed by atoms with van der Waals surface area (Å²) in [7, 11) is 0. The summed E-state index contributed by atoms with van der Waals surface area (Å²) >= 11 is 9.17. The number of benzene rings is 2. The Bertz CT molecular complexity index is 606. The Hall–Kier alpha value is -1.65. The first-order valence-electron chi connectivity index (χ1n) is 5.41. The van der Waals surface area contributed by atoms with Crippen LogP contribution in [0.3, 0.4) is 0 Å². The highest BCUT2D eigenvalue weighted by atomic mass is 79.9. The lowest BCUT2D eigenvalue weighted by Gasteiger charge is -2.06. The van der Waals surface area contributed by atoms with Crippen LogP contribution >= 0.6 is 27.5 Å². The van der Waals surface area contributed by atoms with Gasteiger partial charge in [-0.05, 0) is 42.5 Å². The summed E-state index contributed by atoms with van der Waals surface area (Å²) in [6, 6.07) is 11.6. The van der Waals surface area contributed by atoms with E-state index in [0.717, 1.165) is 10.8 Å². The zero-order valence-electron chi connectivity index (χ0n) is 9.69. The van der Waals surface area contributed by atoms with Crippen molar-refractivity contribution in [2.45, 2.75) is 0 Å². The lowest BCUT2D eigenvalue weighted by atomic mass is 10.2. The molecule has 0 aliphatic heterocycles. The first-order valence-corrected chi connectivity index (χ1v) is 6.58. The largest absolute Gasteiger partial charge is 0.322 e. The van der Waals surface area contributed by atoms with Crippen LogP contribution in [0.25, 0.3) is 0 Å². The van der Waals surface area contributed by atoms with E-state index in [1.807, 2.05) is 0 Å². The highest BCUT2D eigenvalue weighted by Gasteiger charge is 2.08. The molecule has 2 rings (SSSR count). The second kappa shape index (κ2) is 5.99. The lowest BCUT2D eigenvalue weighted by Crippen LogP contribution is -2.11. The van der Waals surface area contributed by atoms with Crippen LogP contribution in [0.1, 0.15) is 20.7 Å². The Morgan fingerprint density at radius 2 is 1.84 bits per heavy atom. The highest BCUT2D eigenvalue weighted by Crippen LogP contribution is 2.20. The number of hydrogen-bond donors (Lipinski definition) is 1. The van der Waals surface area contributed by atoms with E-state index in [1.54, 1.807) is 42.5 Å². The Balaban J connectivity index is 2.17. The molecule has 0 aromatic heterocycles. The van der Waals surface area contributed by atoms with Gasteiger partial charge in [0.15, 0.2) is 0 Å². The minimum Gasteiger partial charge on any atom is -0.322 e. The number of hydrogen-bond acceptors (Lipinski definition) is 2. The van der Waals surface area contributed by atoms with Gasteiger partial charge in [0, 0.05) is 26.3 Å². The molecule has 1 N–H and O–H groups in total. The maximum Gasteiger partial charge on any atom is 0.255 e. The van der Waals surface area contributed by atoms with Crippen LogP contribution in [0.5, 0.6) is 0 Å². The average molecular weight is 339 g/mol. The van der Waals surface area contributed by atoms with Gasteiger partial charge in [-0.25, -0.2) is 0 Å². The molecule has 0 atom stereocenters. The summed E-state index contributed by atoms with van der Waals surface area (Å²) in [4.78, 5) is 22.5. The Kier molecular flexibility index (Phi) is 4.35. The number of carbonyl (C=O) groups excluding carboxylic acids is 2. The maximum absolute atomic E-state index is 12.0. The van der Waals surface area contributed by atoms with Crippen molar-refractivity contribution in [2.75, 3.05) is 5.32 Å². The number of rotatable bonds is 3. The van der Waals surface area contributed by atoms with E-state index in [-0.39, 0.29) is 5.91 Å². The van der Waals surface area contributed by atoms with E-state index in [4.69, 9.17) is 11.6 Å². The van der Waals surface area contributed by atoms with Crippen molar-refractivity contribution in [3.8, 4) is 0 Å². The average Bonchev–Trinajstić information content (AvgIpc) is 2.38. The van der Waals surface area contributed by atoms with Gasteiger partial charge in [-0.15, -0.1) is 0 Å². The van der Waals surface area contributed by atoms with E-state index >= 15 is 0 Å². The van der Waals surface area contributed by atoms with Crippen LogP contribution in [0, 0.1) is 0 Å². The summed E-state index contributed by atoms with van der Waals surface area (Å²) in [5.41, 5.74) is 1.63. The maximum atomic E-state index is 12.0. The van der Waals surface area contributed by atoms with Gasteiger partial charge in [0.25, 0.3) is 5.91 Å². The van der Waals surface area contributed by atoms with Gasteiger partial charge < -0.3 is 5.32 Å². The molecule has 0 fully saturated rings. The van der Waals surface area contributed by atoms with Crippen molar-refractivity contribution >= 4 is 45.4 Å². The van der Waals surface area contributed by atoms with E-state index in [2.05, 4.69) is 21.2 Å². The molecule has 0 aliphatic carbocycles. The number of amides is 1. The van der Waals surface area contributed by atoms with Gasteiger partial charge in [-0.2, -0.15) is 0 Å². The molecule has 0 radical (unpaired) electrons. The van der Waals surface area contributed by atoms with Gasteiger partial charge in [0.05, 0.1) is 0 Å². The molecule has 2 aromatic rings. The van der Waals surface area contributed by atoms with E-state index < -0.39 is 0 Å². The second-order valence-electron chi connectivity index (χ2n) is 3.85. The van der Waals surface area contributed by atoms with Gasteiger partial charge in [0.1, 0.15) is 6.29 Å². The monoisotopic (exact) mass is 337 g/mol. The molecular weight excluding hydrogens is 330 g/mol. The fourth-order valence-corrected chi connectivity index (χ4v) is 2.39. The molecule has 96 valence electrons. The molecule has 3 nitrogen and oxygen atoms in total. The third-order valence-electron chi connectivity index (χ3n) is 2.43. The van der Waals surface area contributed by atoms with E-state index in [9.17, 15) is 9.59 Å². The van der Waals surface area contributed by atoms with Crippen molar-refractivity contribution in [3.05, 3.63) is 63.1 Å². The number of nitrogens with one attached hydrogen (secondary N) is 1. The third kappa shape index (κ3) is 3.66. The molecule has 0 unspecified atom stereocenters. The van der Waals surface area contributed by atoms with Crippen LogP contribution in [0.2, 0.25) is 5.02 Å². The molecule has 0 saturated carbocycles. The summed E-state index contributed by atoms with van der Waals surface area (Å²) in [6.45, 7) is 0. The Morgan fingerprint density at radius 3 is 2.42 bits per heavy atom. The van der Waals surface area contributed by atoms with E-state index in [1.165, 1.54) is 0 Å². The molecule has 1 amide bonds. The minimum atomic E-state index is -0.262. The summed E-state index contributed by atoms with van der Waals surface area (Å²) < 4.78 is 0.737. The number of anilines is 1. The van der Waals surface area contributed by atoms with Gasteiger partial charge in [-0.3, -0.25) is 9.59 Å². The highest BCUT2D eigenvalue weighted by molar-refractivity contribution is 9.10. The number of aldehydes is 1. The molecule has 19 heavy (non-hydrogen) atoms. The van der Waals surface area contributed by atoms with Crippen molar-refractivity contribution in [1.29, 1.82) is 0 Å². The van der Waals surface area contributed by atoms with Crippen LogP contribution in [-0.2, 0) is 0 Å². The summed E-state index contributed by atoms with van der Waals surface area (Å²) in [5, 5.41) is 3.21. The molecule has 0 bridgehead atoms. The fraction of sp³-hybridized carbons (Fsp3) is 0. The van der Waals surface area contributed by atoms with Crippen LogP contribution in [0.15, 0.2) is 46.9 Å². The molecule has 2 aromatic carbocycles. The Labute approximate surface area is 123 Å². The van der Waals surface area contributed by atoms with Crippen molar-refractivity contribution in [1.82, 2.24) is 0 Å². The molecule has 5 heteroatoms. The van der Waals surface area contributed by atoms with Crippen LogP contribution < -0.4 is 5.32 Å². The zero-order valence-corrected chi connectivity index (χ0v) is 12.0. The Morgan fingerprint density at radius 1 is 1.16 bits per heavy atom. The van der Waals surface area contributed by atoms with E-state index in [0.29, 0.717) is 21.8 Å². The fourth-order valence-electron chi connectivity index (χ4n) is 1.53. The number of carbonyl (C=O) groups is 2. The van der Waals surface area contributed by atoms with Gasteiger partial charge in [0.2, 0.25) is 0 Å². The van der Waals surface area contributed by atoms with Crippen molar-refractivity contribution in [3.63, 3.8) is 0 Å².